The Morgan fingerprint density at radius 2 is 1.83 bits per heavy atom. The van der Waals surface area contributed by atoms with E-state index in [1.54, 1.807) is 7.11 Å². The maximum absolute atomic E-state index is 9.17. The second-order valence-electron chi connectivity index (χ2n) is 5.07. The second kappa shape index (κ2) is 9.95. The van der Waals surface area contributed by atoms with Crippen LogP contribution in [0.25, 0.3) is 0 Å². The highest BCUT2D eigenvalue weighted by molar-refractivity contribution is 7.80. The van der Waals surface area contributed by atoms with Crippen molar-refractivity contribution in [3.05, 3.63) is 53.1 Å². The third-order valence-electron chi connectivity index (χ3n) is 3.31. The van der Waals surface area contributed by atoms with Gasteiger partial charge in [-0.1, -0.05) is 19.1 Å². The van der Waals surface area contributed by atoms with Gasteiger partial charge in [-0.15, -0.1) is 12.6 Å². The Bertz CT molecular complexity index is 639. The second-order valence-corrected chi connectivity index (χ2v) is 5.55. The van der Waals surface area contributed by atoms with Gasteiger partial charge in [0.15, 0.2) is 0 Å². The van der Waals surface area contributed by atoms with Gasteiger partial charge < -0.3 is 14.3 Å². The van der Waals surface area contributed by atoms with Gasteiger partial charge in [-0.2, -0.15) is 0 Å². The maximum atomic E-state index is 9.17. The Hall–Kier alpha value is -1.94. The summed E-state index contributed by atoms with van der Waals surface area (Å²) >= 11 is 4.36. The average Bonchev–Trinajstić information content (AvgIpc) is 2.56. The molecule has 0 bridgehead atoms. The predicted octanol–water partition coefficient (Wildman–Crippen LogP) is 4.78. The Labute approximate surface area is 144 Å². The molecule has 0 saturated carbocycles. The number of benzene rings is 2. The average molecular weight is 332 g/mol. The van der Waals surface area contributed by atoms with Crippen LogP contribution in [0.2, 0.25) is 0 Å². The van der Waals surface area contributed by atoms with Crippen molar-refractivity contribution in [1.82, 2.24) is 0 Å². The van der Waals surface area contributed by atoms with E-state index in [1.165, 1.54) is 5.56 Å². The van der Waals surface area contributed by atoms with Crippen molar-refractivity contribution < 1.29 is 14.3 Å². The van der Waals surface area contributed by atoms with E-state index < -0.39 is 0 Å². The molecule has 23 heavy (non-hydrogen) atoms. The summed E-state index contributed by atoms with van der Waals surface area (Å²) in [4.78, 5) is 10.1. The Balaban J connectivity index is 0.000000593. The van der Waals surface area contributed by atoms with Crippen molar-refractivity contribution in [2.24, 2.45) is 0 Å². The fourth-order valence-corrected chi connectivity index (χ4v) is 2.06. The van der Waals surface area contributed by atoms with Crippen LogP contribution in [0.5, 0.6) is 11.5 Å². The van der Waals surface area contributed by atoms with Crippen LogP contribution in [0.1, 0.15) is 30.0 Å². The molecule has 0 N–H and O–H groups in total. The van der Waals surface area contributed by atoms with Crippen LogP contribution in [-0.4, -0.2) is 13.4 Å². The van der Waals surface area contributed by atoms with E-state index in [2.05, 4.69) is 25.6 Å². The van der Waals surface area contributed by atoms with Gasteiger partial charge in [0.05, 0.1) is 7.11 Å². The van der Waals surface area contributed by atoms with E-state index >= 15 is 0 Å². The number of aryl methyl sites for hydroxylation is 2. The molecule has 0 spiro atoms. The van der Waals surface area contributed by atoms with Crippen LogP contribution >= 0.6 is 12.6 Å². The van der Waals surface area contributed by atoms with Crippen molar-refractivity contribution in [3.63, 3.8) is 0 Å². The summed E-state index contributed by atoms with van der Waals surface area (Å²) in [7, 11) is 1.68. The molecular weight excluding hydrogens is 308 g/mol. The summed E-state index contributed by atoms with van der Waals surface area (Å²) in [6.45, 7) is 6.39. The van der Waals surface area contributed by atoms with E-state index in [0.29, 0.717) is 13.0 Å². The molecule has 0 fully saturated rings. The SMILES string of the molecule is CCC=O.COc1cccc(C)c1COc1ccc(S)c(C)c1. The van der Waals surface area contributed by atoms with Crippen molar-refractivity contribution >= 4 is 18.9 Å². The zero-order chi connectivity index (χ0) is 17.2. The first-order valence-corrected chi connectivity index (χ1v) is 7.96. The van der Waals surface area contributed by atoms with E-state index in [9.17, 15) is 4.79 Å². The van der Waals surface area contributed by atoms with E-state index in [0.717, 1.165) is 33.8 Å². The van der Waals surface area contributed by atoms with Gasteiger partial charge in [0.1, 0.15) is 24.4 Å². The summed E-state index contributed by atoms with van der Waals surface area (Å²) in [6.07, 6.45) is 1.51. The highest BCUT2D eigenvalue weighted by atomic mass is 32.1. The number of ether oxygens (including phenoxy) is 2. The molecule has 0 heterocycles. The van der Waals surface area contributed by atoms with Crippen molar-refractivity contribution in [1.29, 1.82) is 0 Å². The summed E-state index contributed by atoms with van der Waals surface area (Å²) in [5, 5.41) is 0. The minimum absolute atomic E-state index is 0.501. The van der Waals surface area contributed by atoms with E-state index in [-0.39, 0.29) is 0 Å². The molecule has 0 atom stereocenters. The summed E-state index contributed by atoms with van der Waals surface area (Å²) in [5.74, 6) is 1.71. The maximum Gasteiger partial charge on any atom is 0.125 e. The van der Waals surface area contributed by atoms with Gasteiger partial charge in [0.2, 0.25) is 0 Å². The zero-order valence-corrected chi connectivity index (χ0v) is 15.0. The number of hydrogen-bond acceptors (Lipinski definition) is 4. The van der Waals surface area contributed by atoms with Crippen LogP contribution in [0.4, 0.5) is 0 Å². The zero-order valence-electron chi connectivity index (χ0n) is 14.1. The van der Waals surface area contributed by atoms with Crippen molar-refractivity contribution in [2.45, 2.75) is 38.7 Å². The van der Waals surface area contributed by atoms with E-state index in [4.69, 9.17) is 9.47 Å². The molecule has 2 aromatic rings. The Morgan fingerprint density at radius 1 is 1.13 bits per heavy atom. The smallest absolute Gasteiger partial charge is 0.125 e. The molecule has 0 aromatic heterocycles. The molecule has 2 rings (SSSR count). The highest BCUT2D eigenvalue weighted by Gasteiger charge is 2.07. The van der Waals surface area contributed by atoms with Crippen LogP contribution in [0.3, 0.4) is 0 Å². The van der Waals surface area contributed by atoms with E-state index in [1.807, 2.05) is 44.2 Å². The summed E-state index contributed by atoms with van der Waals surface area (Å²) in [5.41, 5.74) is 3.36. The fourth-order valence-electron chi connectivity index (χ4n) is 1.92. The van der Waals surface area contributed by atoms with Gasteiger partial charge in [-0.3, -0.25) is 0 Å². The molecule has 124 valence electrons. The first-order chi connectivity index (χ1) is 11.0. The van der Waals surface area contributed by atoms with Gasteiger partial charge in [-0.05, 0) is 49.2 Å². The Kier molecular flexibility index (Phi) is 8.27. The first-order valence-electron chi connectivity index (χ1n) is 7.52. The lowest BCUT2D eigenvalue weighted by atomic mass is 10.1. The lowest BCUT2D eigenvalue weighted by Gasteiger charge is -2.13. The summed E-state index contributed by atoms with van der Waals surface area (Å²) < 4.78 is 11.2. The van der Waals surface area contributed by atoms with Crippen molar-refractivity contribution in [3.8, 4) is 11.5 Å². The lowest BCUT2D eigenvalue weighted by molar-refractivity contribution is -0.107. The predicted molar refractivity (Wildman–Crippen MR) is 96.8 cm³/mol. The van der Waals surface area contributed by atoms with Gasteiger partial charge in [-0.25, -0.2) is 0 Å². The third-order valence-corrected chi connectivity index (χ3v) is 3.81. The normalized spacial score (nSPS) is 9.61. The third kappa shape index (κ3) is 5.99. The largest absolute Gasteiger partial charge is 0.496 e. The van der Waals surface area contributed by atoms with Crippen LogP contribution in [0, 0.1) is 13.8 Å². The summed E-state index contributed by atoms with van der Waals surface area (Å²) in [6, 6.07) is 11.9. The van der Waals surface area contributed by atoms with Crippen molar-refractivity contribution in [2.75, 3.05) is 7.11 Å². The standard InChI is InChI=1S/C16H18O2S.C3H6O/c1-11-5-4-6-15(17-3)14(11)10-18-13-7-8-16(19)12(2)9-13;1-2-3-4/h4-9,19H,10H2,1-3H3;3H,2H2,1H3. The molecule has 0 aliphatic carbocycles. The molecule has 0 amide bonds. The molecule has 0 radical (unpaired) electrons. The van der Waals surface area contributed by atoms with Gasteiger partial charge >= 0.3 is 0 Å². The Morgan fingerprint density at radius 3 is 2.39 bits per heavy atom. The lowest BCUT2D eigenvalue weighted by Crippen LogP contribution is -2.01. The molecular formula is C19H24O3S. The highest BCUT2D eigenvalue weighted by Crippen LogP contribution is 2.25. The van der Waals surface area contributed by atoms with Crippen LogP contribution in [0.15, 0.2) is 41.3 Å². The quantitative estimate of drug-likeness (QED) is 0.632. The molecule has 0 aliphatic heterocycles. The number of methoxy groups -OCH3 is 1. The monoisotopic (exact) mass is 332 g/mol. The van der Waals surface area contributed by atoms with Crippen LogP contribution in [-0.2, 0) is 11.4 Å². The molecule has 3 nitrogen and oxygen atoms in total. The number of hydrogen-bond donors (Lipinski definition) is 1. The molecule has 0 unspecified atom stereocenters. The topological polar surface area (TPSA) is 35.5 Å². The number of carbonyl (C=O) groups excluding carboxylic acids is 1. The van der Waals surface area contributed by atoms with Gasteiger partial charge in [0, 0.05) is 16.9 Å². The minimum Gasteiger partial charge on any atom is -0.496 e. The number of carbonyl (C=O) groups is 1. The fraction of sp³-hybridized carbons (Fsp3) is 0.316. The molecule has 0 saturated heterocycles. The first kappa shape index (κ1) is 19.1. The van der Waals surface area contributed by atoms with Gasteiger partial charge in [0.25, 0.3) is 0 Å². The molecule has 0 aliphatic rings. The number of rotatable bonds is 5. The molecule has 4 heteroatoms. The number of thiol groups is 1. The molecule has 2 aromatic carbocycles. The number of aldehydes is 1. The van der Waals surface area contributed by atoms with Crippen LogP contribution < -0.4 is 9.47 Å². The minimum atomic E-state index is 0.501.